The molecule has 2 N–H and O–H groups in total. The molecule has 0 unspecified atom stereocenters. The molecule has 6 nitrogen and oxygen atoms in total. The van der Waals surface area contributed by atoms with Crippen molar-refractivity contribution < 1.29 is 4.74 Å². The highest BCUT2D eigenvalue weighted by Gasteiger charge is 2.47. The van der Waals surface area contributed by atoms with E-state index in [4.69, 9.17) is 27.1 Å². The number of rotatable bonds is 2. The second-order valence-corrected chi connectivity index (χ2v) is 8.09. The third-order valence-electron chi connectivity index (χ3n) is 6.10. The molecule has 0 aliphatic carbocycles. The fraction of sp³-hybridized carbons (Fsp3) is 0.500. The zero-order valence-electron chi connectivity index (χ0n) is 15.7. The number of ether oxygens (including phenoxy) is 1. The predicted octanol–water partition coefficient (Wildman–Crippen LogP) is 2.53. The Morgan fingerprint density at radius 1 is 1.30 bits per heavy atom. The van der Waals surface area contributed by atoms with Gasteiger partial charge in [-0.15, -0.1) is 0 Å². The van der Waals surface area contributed by atoms with Gasteiger partial charge in [-0.25, -0.2) is 4.98 Å². The van der Waals surface area contributed by atoms with Gasteiger partial charge < -0.3 is 15.4 Å². The maximum absolute atomic E-state index is 12.8. The van der Waals surface area contributed by atoms with Crippen LogP contribution in [-0.4, -0.2) is 41.4 Å². The number of aryl methyl sites for hydroxylation is 1. The van der Waals surface area contributed by atoms with Crippen molar-refractivity contribution in [3.8, 4) is 5.69 Å². The summed E-state index contributed by atoms with van der Waals surface area (Å²) in [6.07, 6.45) is 2.01. The Morgan fingerprint density at radius 3 is 2.59 bits per heavy atom. The second kappa shape index (κ2) is 6.93. The van der Waals surface area contributed by atoms with Crippen LogP contribution in [0.4, 0.5) is 5.82 Å². The number of aromatic nitrogens is 2. The Labute approximate surface area is 163 Å². The van der Waals surface area contributed by atoms with Gasteiger partial charge >= 0.3 is 0 Å². The second-order valence-electron chi connectivity index (χ2n) is 7.68. The van der Waals surface area contributed by atoms with Crippen LogP contribution in [0.25, 0.3) is 5.69 Å². The van der Waals surface area contributed by atoms with E-state index in [2.05, 4.69) is 4.90 Å². The lowest BCUT2D eigenvalue weighted by Crippen LogP contribution is -2.51. The molecule has 2 saturated heterocycles. The first-order valence-corrected chi connectivity index (χ1v) is 9.77. The molecule has 1 aromatic heterocycles. The fourth-order valence-electron chi connectivity index (χ4n) is 4.32. The van der Waals surface area contributed by atoms with Gasteiger partial charge in [0.1, 0.15) is 11.6 Å². The van der Waals surface area contributed by atoms with E-state index in [9.17, 15) is 4.79 Å². The largest absolute Gasteiger partial charge is 0.376 e. The van der Waals surface area contributed by atoms with Gasteiger partial charge in [0.05, 0.1) is 23.4 Å². The normalized spacial score (nSPS) is 24.5. The lowest BCUT2D eigenvalue weighted by molar-refractivity contribution is 0.0974. The number of halogens is 1. The summed E-state index contributed by atoms with van der Waals surface area (Å²) in [7, 11) is 0. The molecule has 2 aliphatic rings. The maximum Gasteiger partial charge on any atom is 0.260 e. The van der Waals surface area contributed by atoms with Gasteiger partial charge in [-0.1, -0.05) is 23.7 Å². The van der Waals surface area contributed by atoms with Crippen molar-refractivity contribution in [3.63, 3.8) is 0 Å². The summed E-state index contributed by atoms with van der Waals surface area (Å²) in [5, 5.41) is 0.529. The minimum atomic E-state index is -0.125. The van der Waals surface area contributed by atoms with Gasteiger partial charge in [-0.05, 0) is 38.8 Å². The summed E-state index contributed by atoms with van der Waals surface area (Å²) < 4.78 is 7.34. The molecule has 2 aliphatic heterocycles. The van der Waals surface area contributed by atoms with Crippen molar-refractivity contribution in [3.05, 3.63) is 51.5 Å². The number of hydrogen-bond acceptors (Lipinski definition) is 5. The maximum atomic E-state index is 12.8. The monoisotopic (exact) mass is 388 g/mol. The van der Waals surface area contributed by atoms with E-state index in [-0.39, 0.29) is 23.1 Å². The smallest absolute Gasteiger partial charge is 0.260 e. The van der Waals surface area contributed by atoms with Gasteiger partial charge in [0.15, 0.2) is 0 Å². The summed E-state index contributed by atoms with van der Waals surface area (Å²) in [4.78, 5) is 19.7. The summed E-state index contributed by atoms with van der Waals surface area (Å²) in [6.45, 7) is 6.26. The van der Waals surface area contributed by atoms with Gasteiger partial charge in [-0.2, -0.15) is 0 Å². The van der Waals surface area contributed by atoms with Crippen LogP contribution in [0.3, 0.4) is 0 Å². The first kappa shape index (κ1) is 18.5. The Hall–Kier alpha value is -1.89. The topological polar surface area (TPSA) is 73.4 Å². The summed E-state index contributed by atoms with van der Waals surface area (Å²) in [5.74, 6) is 1.34. The van der Waals surface area contributed by atoms with Crippen LogP contribution in [0, 0.1) is 12.3 Å². The molecule has 27 heavy (non-hydrogen) atoms. The first-order valence-electron chi connectivity index (χ1n) is 9.39. The molecule has 2 fully saturated rings. The van der Waals surface area contributed by atoms with Gasteiger partial charge in [-0.3, -0.25) is 9.36 Å². The SMILES string of the molecule is Cc1nc(N2CCC3(CC2)CO[C@@H](C)[C@H]3N)cc(=O)n1-c1ccccc1Cl. The minimum Gasteiger partial charge on any atom is -0.376 e. The number of benzene rings is 1. The first-order chi connectivity index (χ1) is 12.9. The van der Waals surface area contributed by atoms with Crippen LogP contribution in [0.15, 0.2) is 35.1 Å². The molecule has 2 aromatic rings. The summed E-state index contributed by atoms with van der Waals surface area (Å²) >= 11 is 6.26. The Bertz CT molecular complexity index is 905. The summed E-state index contributed by atoms with van der Waals surface area (Å²) in [6, 6.07) is 8.97. The molecular weight excluding hydrogens is 364 g/mol. The highest BCUT2D eigenvalue weighted by molar-refractivity contribution is 6.32. The zero-order valence-corrected chi connectivity index (χ0v) is 16.4. The standard InChI is InChI=1S/C20H25ClN4O2/c1-13-19(22)20(12-27-13)7-9-24(10-8-20)17-11-18(26)25(14(2)23-17)16-6-4-3-5-15(16)21/h3-6,11,13,19H,7-10,12,22H2,1-2H3/t13-,19+/m0/s1. The van der Waals surface area contributed by atoms with Crippen LogP contribution in [-0.2, 0) is 4.74 Å². The predicted molar refractivity (Wildman–Crippen MR) is 107 cm³/mol. The number of nitrogens with zero attached hydrogens (tertiary/aromatic N) is 3. The van der Waals surface area contributed by atoms with Gasteiger partial charge in [0.25, 0.3) is 5.56 Å². The Kier molecular flexibility index (Phi) is 4.74. The molecule has 0 saturated carbocycles. The Morgan fingerprint density at radius 2 is 2.00 bits per heavy atom. The molecule has 7 heteroatoms. The quantitative estimate of drug-likeness (QED) is 0.855. The molecule has 3 heterocycles. The van der Waals surface area contributed by atoms with Crippen LogP contribution >= 0.6 is 11.6 Å². The molecule has 0 radical (unpaired) electrons. The molecule has 0 amide bonds. The van der Waals surface area contributed by atoms with Crippen molar-refractivity contribution in [2.75, 3.05) is 24.6 Å². The third-order valence-corrected chi connectivity index (χ3v) is 6.42. The molecular formula is C20H25ClN4O2. The van der Waals surface area contributed by atoms with Crippen LogP contribution in [0.2, 0.25) is 5.02 Å². The van der Waals surface area contributed by atoms with E-state index in [1.165, 1.54) is 0 Å². The van der Waals surface area contributed by atoms with Crippen LogP contribution in [0.1, 0.15) is 25.6 Å². The van der Waals surface area contributed by atoms with Crippen molar-refractivity contribution in [2.24, 2.45) is 11.1 Å². The van der Waals surface area contributed by atoms with Crippen LogP contribution in [0.5, 0.6) is 0 Å². The molecule has 1 spiro atoms. The van der Waals surface area contributed by atoms with Crippen LogP contribution < -0.4 is 16.2 Å². The fourth-order valence-corrected chi connectivity index (χ4v) is 4.54. The van der Waals surface area contributed by atoms with E-state index in [1.54, 1.807) is 16.7 Å². The molecule has 1 aromatic carbocycles. The van der Waals surface area contributed by atoms with E-state index < -0.39 is 0 Å². The number of anilines is 1. The van der Waals surface area contributed by atoms with E-state index in [0.29, 0.717) is 16.5 Å². The summed E-state index contributed by atoms with van der Waals surface area (Å²) in [5.41, 5.74) is 6.98. The van der Waals surface area contributed by atoms with Crippen molar-refractivity contribution >= 4 is 17.4 Å². The molecule has 2 atom stereocenters. The number of nitrogens with two attached hydrogens (primary N) is 1. The third kappa shape index (κ3) is 3.16. The number of hydrogen-bond donors (Lipinski definition) is 1. The van der Waals surface area contributed by atoms with Gasteiger partial charge in [0, 0.05) is 30.6 Å². The lowest BCUT2D eigenvalue weighted by Gasteiger charge is -2.41. The van der Waals surface area contributed by atoms with Crippen molar-refractivity contribution in [1.29, 1.82) is 0 Å². The van der Waals surface area contributed by atoms with Crippen molar-refractivity contribution in [1.82, 2.24) is 9.55 Å². The van der Waals surface area contributed by atoms with E-state index in [1.807, 2.05) is 32.0 Å². The highest BCUT2D eigenvalue weighted by Crippen LogP contribution is 2.41. The highest BCUT2D eigenvalue weighted by atomic mass is 35.5. The molecule has 144 valence electrons. The van der Waals surface area contributed by atoms with E-state index >= 15 is 0 Å². The Balaban J connectivity index is 1.58. The number of piperidine rings is 1. The van der Waals surface area contributed by atoms with E-state index in [0.717, 1.165) is 38.4 Å². The number of para-hydroxylation sites is 1. The average Bonchev–Trinajstić information content (AvgIpc) is 2.92. The zero-order chi connectivity index (χ0) is 19.2. The molecule has 0 bridgehead atoms. The van der Waals surface area contributed by atoms with Crippen molar-refractivity contribution in [2.45, 2.75) is 38.8 Å². The van der Waals surface area contributed by atoms with Gasteiger partial charge in [0.2, 0.25) is 0 Å². The molecule has 4 rings (SSSR count). The average molecular weight is 389 g/mol. The minimum absolute atomic E-state index is 0.0531. The lowest BCUT2D eigenvalue weighted by atomic mass is 9.73.